The van der Waals surface area contributed by atoms with Gasteiger partial charge in [-0.05, 0) is 31.4 Å². The minimum atomic E-state index is -0.243. The number of rotatable bonds is 6. The molecule has 1 aliphatic heterocycles. The molecule has 1 heterocycles. The predicted molar refractivity (Wildman–Crippen MR) is 90.1 cm³/mol. The largest absolute Gasteiger partial charge is 0.495 e. The zero-order valence-electron chi connectivity index (χ0n) is 13.4. The zero-order chi connectivity index (χ0) is 16.8. The lowest BCUT2D eigenvalue weighted by Gasteiger charge is -2.16. The third-order valence-corrected chi connectivity index (χ3v) is 4.22. The molecule has 2 rings (SSSR count). The van der Waals surface area contributed by atoms with E-state index in [1.165, 1.54) is 0 Å². The average molecular weight is 340 g/mol. The Morgan fingerprint density at radius 3 is 2.61 bits per heavy atom. The van der Waals surface area contributed by atoms with Gasteiger partial charge in [0.25, 0.3) is 0 Å². The van der Waals surface area contributed by atoms with Gasteiger partial charge in [-0.15, -0.1) is 0 Å². The third kappa shape index (κ3) is 4.76. The van der Waals surface area contributed by atoms with Crippen molar-refractivity contribution in [2.24, 2.45) is 0 Å². The molecule has 0 spiro atoms. The van der Waals surface area contributed by atoms with Crippen LogP contribution in [0.5, 0.6) is 5.75 Å². The van der Waals surface area contributed by atoms with Crippen LogP contribution in [0.4, 0.5) is 5.69 Å². The first-order chi connectivity index (χ1) is 11.0. The topological polar surface area (TPSA) is 70.7 Å². The lowest BCUT2D eigenvalue weighted by Crippen LogP contribution is -2.40. The maximum atomic E-state index is 11.9. The Balaban J connectivity index is 1.82. The molecule has 126 valence electrons. The lowest BCUT2D eigenvalue weighted by molar-refractivity contribution is -0.131. The van der Waals surface area contributed by atoms with Crippen LogP contribution in [0.2, 0.25) is 5.02 Å². The third-order valence-electron chi connectivity index (χ3n) is 3.82. The SMILES string of the molecule is COc1cc(Cl)c(C)cc1NCC(=O)NCC(=O)N1CCCC1. The minimum absolute atomic E-state index is 0.0317. The van der Waals surface area contributed by atoms with Crippen molar-refractivity contribution in [3.63, 3.8) is 0 Å². The van der Waals surface area contributed by atoms with E-state index in [0.29, 0.717) is 16.5 Å². The summed E-state index contributed by atoms with van der Waals surface area (Å²) in [5.41, 5.74) is 1.58. The maximum Gasteiger partial charge on any atom is 0.241 e. The van der Waals surface area contributed by atoms with Gasteiger partial charge in [0, 0.05) is 24.2 Å². The average Bonchev–Trinajstić information content (AvgIpc) is 3.07. The Hall–Kier alpha value is -1.95. The van der Waals surface area contributed by atoms with Gasteiger partial charge >= 0.3 is 0 Å². The van der Waals surface area contributed by atoms with E-state index in [-0.39, 0.29) is 24.9 Å². The van der Waals surface area contributed by atoms with E-state index < -0.39 is 0 Å². The van der Waals surface area contributed by atoms with E-state index in [9.17, 15) is 9.59 Å². The van der Waals surface area contributed by atoms with Gasteiger partial charge in [0.05, 0.1) is 25.9 Å². The molecule has 1 saturated heterocycles. The summed E-state index contributed by atoms with van der Waals surface area (Å²) in [5, 5.41) is 6.24. The minimum Gasteiger partial charge on any atom is -0.495 e. The molecule has 7 heteroatoms. The molecule has 1 fully saturated rings. The van der Waals surface area contributed by atoms with Crippen molar-refractivity contribution in [2.45, 2.75) is 19.8 Å². The number of methoxy groups -OCH3 is 1. The van der Waals surface area contributed by atoms with Crippen LogP contribution in [0.15, 0.2) is 12.1 Å². The number of carbonyl (C=O) groups excluding carboxylic acids is 2. The van der Waals surface area contributed by atoms with Gasteiger partial charge in [0.15, 0.2) is 0 Å². The quantitative estimate of drug-likeness (QED) is 0.829. The van der Waals surface area contributed by atoms with E-state index >= 15 is 0 Å². The number of ether oxygens (including phenoxy) is 1. The number of amides is 2. The number of hydrogen-bond donors (Lipinski definition) is 2. The molecule has 2 amide bonds. The molecule has 1 aromatic carbocycles. The fourth-order valence-corrected chi connectivity index (χ4v) is 2.61. The number of anilines is 1. The highest BCUT2D eigenvalue weighted by atomic mass is 35.5. The van der Waals surface area contributed by atoms with Gasteiger partial charge in [-0.3, -0.25) is 9.59 Å². The Morgan fingerprint density at radius 1 is 1.26 bits per heavy atom. The molecule has 23 heavy (non-hydrogen) atoms. The molecule has 2 N–H and O–H groups in total. The molecule has 0 unspecified atom stereocenters. The highest BCUT2D eigenvalue weighted by Gasteiger charge is 2.18. The first-order valence-electron chi connectivity index (χ1n) is 7.63. The fourth-order valence-electron chi connectivity index (χ4n) is 2.46. The Kier molecular flexibility index (Phi) is 6.10. The summed E-state index contributed by atoms with van der Waals surface area (Å²) in [6.07, 6.45) is 2.08. The number of aryl methyl sites for hydroxylation is 1. The summed E-state index contributed by atoms with van der Waals surface area (Å²) in [6, 6.07) is 3.53. The maximum absolute atomic E-state index is 11.9. The standard InChI is InChI=1S/C16H22ClN3O3/c1-11-7-13(14(23-2)8-12(11)17)18-9-15(21)19-10-16(22)20-5-3-4-6-20/h7-8,18H,3-6,9-10H2,1-2H3,(H,19,21). The van der Waals surface area contributed by atoms with E-state index in [1.807, 2.05) is 13.0 Å². The number of nitrogens with one attached hydrogen (secondary N) is 2. The molecular weight excluding hydrogens is 318 g/mol. The monoisotopic (exact) mass is 339 g/mol. The Labute approximate surface area is 141 Å². The van der Waals surface area contributed by atoms with Crippen LogP contribution in [0.3, 0.4) is 0 Å². The van der Waals surface area contributed by atoms with Crippen molar-refractivity contribution in [3.05, 3.63) is 22.7 Å². The fraction of sp³-hybridized carbons (Fsp3) is 0.500. The van der Waals surface area contributed by atoms with Crippen molar-refractivity contribution in [1.82, 2.24) is 10.2 Å². The van der Waals surface area contributed by atoms with Crippen LogP contribution in [0.25, 0.3) is 0 Å². The molecular formula is C16H22ClN3O3. The smallest absolute Gasteiger partial charge is 0.241 e. The van der Waals surface area contributed by atoms with E-state index in [0.717, 1.165) is 31.5 Å². The second-order valence-corrected chi connectivity index (χ2v) is 5.93. The summed E-state index contributed by atoms with van der Waals surface area (Å²) in [5.74, 6) is 0.296. The van der Waals surface area contributed by atoms with Crippen molar-refractivity contribution in [3.8, 4) is 5.75 Å². The van der Waals surface area contributed by atoms with Gasteiger partial charge in [0.2, 0.25) is 11.8 Å². The van der Waals surface area contributed by atoms with Crippen LogP contribution in [0, 0.1) is 6.92 Å². The molecule has 0 atom stereocenters. The first kappa shape index (κ1) is 17.4. The first-order valence-corrected chi connectivity index (χ1v) is 8.01. The van der Waals surface area contributed by atoms with Gasteiger partial charge in [-0.1, -0.05) is 11.6 Å². The number of halogens is 1. The van der Waals surface area contributed by atoms with Gasteiger partial charge in [-0.2, -0.15) is 0 Å². The Morgan fingerprint density at radius 2 is 1.96 bits per heavy atom. The molecule has 0 aromatic heterocycles. The number of benzene rings is 1. The van der Waals surface area contributed by atoms with Crippen LogP contribution < -0.4 is 15.4 Å². The van der Waals surface area contributed by atoms with Crippen molar-refractivity contribution >= 4 is 29.1 Å². The lowest BCUT2D eigenvalue weighted by atomic mass is 10.2. The van der Waals surface area contributed by atoms with Crippen LogP contribution in [-0.2, 0) is 9.59 Å². The zero-order valence-corrected chi connectivity index (χ0v) is 14.2. The molecule has 0 bridgehead atoms. The van der Waals surface area contributed by atoms with Crippen LogP contribution in [0.1, 0.15) is 18.4 Å². The van der Waals surface area contributed by atoms with E-state index in [4.69, 9.17) is 16.3 Å². The summed E-state index contributed by atoms with van der Waals surface area (Å²) in [6.45, 7) is 3.55. The number of nitrogens with zero attached hydrogens (tertiary/aromatic N) is 1. The van der Waals surface area contributed by atoms with Gasteiger partial charge < -0.3 is 20.3 Å². The van der Waals surface area contributed by atoms with Crippen molar-refractivity contribution < 1.29 is 14.3 Å². The summed E-state index contributed by atoms with van der Waals surface area (Å²) in [7, 11) is 1.54. The van der Waals surface area contributed by atoms with Crippen molar-refractivity contribution in [2.75, 3.05) is 38.6 Å². The highest BCUT2D eigenvalue weighted by molar-refractivity contribution is 6.31. The predicted octanol–water partition coefficient (Wildman–Crippen LogP) is 1.81. The molecule has 1 aliphatic rings. The Bertz CT molecular complexity index is 586. The molecule has 6 nitrogen and oxygen atoms in total. The molecule has 0 radical (unpaired) electrons. The molecule has 1 aromatic rings. The number of hydrogen-bond acceptors (Lipinski definition) is 4. The van der Waals surface area contributed by atoms with E-state index in [1.54, 1.807) is 18.1 Å². The van der Waals surface area contributed by atoms with E-state index in [2.05, 4.69) is 10.6 Å². The second-order valence-electron chi connectivity index (χ2n) is 5.52. The number of carbonyl (C=O) groups is 2. The summed E-state index contributed by atoms with van der Waals surface area (Å²) in [4.78, 5) is 25.5. The van der Waals surface area contributed by atoms with Crippen LogP contribution in [-0.4, -0.2) is 50.0 Å². The summed E-state index contributed by atoms with van der Waals surface area (Å²) < 4.78 is 5.24. The normalized spacial score (nSPS) is 13.8. The van der Waals surface area contributed by atoms with Crippen LogP contribution >= 0.6 is 11.6 Å². The summed E-state index contributed by atoms with van der Waals surface area (Å²) >= 11 is 6.04. The van der Waals surface area contributed by atoms with Gasteiger partial charge in [-0.25, -0.2) is 0 Å². The highest BCUT2D eigenvalue weighted by Crippen LogP contribution is 2.30. The molecule has 0 aliphatic carbocycles. The molecule has 0 saturated carbocycles. The number of likely N-dealkylation sites (tertiary alicyclic amines) is 1. The van der Waals surface area contributed by atoms with Crippen molar-refractivity contribution in [1.29, 1.82) is 0 Å². The van der Waals surface area contributed by atoms with Gasteiger partial charge in [0.1, 0.15) is 5.75 Å². The second kappa shape index (κ2) is 8.06.